The van der Waals surface area contributed by atoms with Gasteiger partial charge in [0.1, 0.15) is 11.3 Å². The van der Waals surface area contributed by atoms with Crippen molar-refractivity contribution in [1.29, 1.82) is 0 Å². The summed E-state index contributed by atoms with van der Waals surface area (Å²) in [6.45, 7) is 0. The third-order valence-electron chi connectivity index (χ3n) is 3.89. The molecule has 0 bridgehead atoms. The van der Waals surface area contributed by atoms with Gasteiger partial charge < -0.3 is 10.4 Å². The van der Waals surface area contributed by atoms with E-state index in [1.54, 1.807) is 24.3 Å². The van der Waals surface area contributed by atoms with Crippen LogP contribution in [0.15, 0.2) is 30.3 Å². The maximum absolute atomic E-state index is 13.8. The van der Waals surface area contributed by atoms with Crippen LogP contribution in [-0.2, 0) is 16.0 Å². The van der Waals surface area contributed by atoms with Crippen LogP contribution >= 0.6 is 22.9 Å². The van der Waals surface area contributed by atoms with Crippen LogP contribution in [0.2, 0.25) is 5.02 Å². The lowest BCUT2D eigenvalue weighted by Gasteiger charge is -2.11. The minimum Gasteiger partial charge on any atom is -0.481 e. The molecule has 0 aliphatic rings. The summed E-state index contributed by atoms with van der Waals surface area (Å²) in [4.78, 5) is 27.5. The van der Waals surface area contributed by atoms with Gasteiger partial charge in [0.2, 0.25) is 5.91 Å². The first-order valence-electron chi connectivity index (χ1n) is 7.95. The van der Waals surface area contributed by atoms with Crippen LogP contribution in [0, 0.1) is 23.4 Å². The quantitative estimate of drug-likeness (QED) is 0.561. The molecule has 0 aliphatic heterocycles. The minimum absolute atomic E-state index is 0.0880. The van der Waals surface area contributed by atoms with Gasteiger partial charge in [-0.2, -0.15) is 0 Å². The van der Waals surface area contributed by atoms with Gasteiger partial charge in [-0.25, -0.2) is 18.2 Å². The molecular weight excluding hydrogens is 417 g/mol. The van der Waals surface area contributed by atoms with E-state index in [-0.39, 0.29) is 22.5 Å². The van der Waals surface area contributed by atoms with E-state index in [2.05, 4.69) is 10.3 Å². The van der Waals surface area contributed by atoms with Crippen molar-refractivity contribution in [2.75, 3.05) is 5.32 Å². The zero-order chi connectivity index (χ0) is 20.4. The first-order valence-corrected chi connectivity index (χ1v) is 9.15. The topological polar surface area (TPSA) is 79.3 Å². The normalized spacial score (nSPS) is 12.1. The van der Waals surface area contributed by atoms with E-state index in [1.165, 1.54) is 0 Å². The number of benzene rings is 2. The number of aromatic nitrogens is 1. The van der Waals surface area contributed by atoms with Crippen molar-refractivity contribution in [3.05, 3.63) is 57.8 Å². The molecule has 5 nitrogen and oxygen atoms in total. The van der Waals surface area contributed by atoms with Crippen molar-refractivity contribution >= 4 is 50.7 Å². The Morgan fingerprint density at radius 1 is 1.18 bits per heavy atom. The summed E-state index contributed by atoms with van der Waals surface area (Å²) in [5, 5.41) is 12.5. The number of carboxylic acids is 1. The van der Waals surface area contributed by atoms with Crippen molar-refractivity contribution in [2.24, 2.45) is 5.92 Å². The number of carboxylic acid groups (broad SMARTS) is 1. The van der Waals surface area contributed by atoms with Crippen LogP contribution in [0.1, 0.15) is 11.4 Å². The first kappa shape index (κ1) is 20.1. The summed E-state index contributed by atoms with van der Waals surface area (Å²) >= 11 is 6.48. The minimum atomic E-state index is -1.38. The third-order valence-corrected chi connectivity index (χ3v) is 5.23. The lowest BCUT2D eigenvalue weighted by atomic mass is 10.0. The zero-order valence-electron chi connectivity index (χ0n) is 14.0. The van der Waals surface area contributed by atoms with E-state index in [1.807, 2.05) is 0 Å². The predicted octanol–water partition coefficient (Wildman–Crippen LogP) is 4.64. The van der Waals surface area contributed by atoms with E-state index in [0.29, 0.717) is 16.8 Å². The number of fused-ring (bicyclic) bond motifs is 1. The van der Waals surface area contributed by atoms with Crippen molar-refractivity contribution in [2.45, 2.75) is 12.8 Å². The highest BCUT2D eigenvalue weighted by Crippen LogP contribution is 2.30. The second-order valence-corrected chi connectivity index (χ2v) is 7.46. The molecule has 0 fully saturated rings. The van der Waals surface area contributed by atoms with Gasteiger partial charge in [0, 0.05) is 29.6 Å². The number of nitrogens with one attached hydrogen (secondary N) is 1. The number of rotatable bonds is 6. The van der Waals surface area contributed by atoms with Gasteiger partial charge in [0.15, 0.2) is 11.6 Å². The Bertz CT molecular complexity index is 1060. The number of carbonyl (C=O) groups excluding carboxylic acids is 1. The number of hydrogen-bond acceptors (Lipinski definition) is 4. The molecule has 1 heterocycles. The number of thiazole rings is 1. The Balaban J connectivity index is 1.76. The average molecular weight is 429 g/mol. The SMILES string of the molecule is O=C(CC(Cc1nc2c(F)c(F)cc(F)c2s1)C(=O)O)Nc1ccc(Cl)cc1. The van der Waals surface area contributed by atoms with Gasteiger partial charge in [-0.3, -0.25) is 9.59 Å². The number of hydrogen-bond donors (Lipinski definition) is 2. The highest BCUT2D eigenvalue weighted by molar-refractivity contribution is 7.18. The third kappa shape index (κ3) is 4.42. The standard InChI is InChI=1S/C18H12ClF3N2O3S/c19-9-1-3-10(4-2-9)23-13(25)5-8(18(26)27)6-14-24-16-15(22)11(20)7-12(21)17(16)28-14/h1-4,7-8H,5-6H2,(H,23,25)(H,26,27). The largest absolute Gasteiger partial charge is 0.481 e. The lowest BCUT2D eigenvalue weighted by molar-refractivity contribution is -0.143. The number of anilines is 1. The van der Waals surface area contributed by atoms with E-state index < -0.39 is 40.8 Å². The number of aliphatic carboxylic acids is 1. The maximum atomic E-state index is 13.8. The van der Waals surface area contributed by atoms with Crippen LogP contribution < -0.4 is 5.32 Å². The van der Waals surface area contributed by atoms with Crippen LogP contribution in [0.4, 0.5) is 18.9 Å². The smallest absolute Gasteiger partial charge is 0.307 e. The Morgan fingerprint density at radius 3 is 2.50 bits per heavy atom. The monoisotopic (exact) mass is 428 g/mol. The molecule has 1 atom stereocenters. The summed E-state index contributed by atoms with van der Waals surface area (Å²) in [6, 6.07) is 6.66. The van der Waals surface area contributed by atoms with Gasteiger partial charge >= 0.3 is 5.97 Å². The molecule has 28 heavy (non-hydrogen) atoms. The first-order chi connectivity index (χ1) is 13.2. The molecule has 0 saturated carbocycles. The molecule has 2 N–H and O–H groups in total. The van der Waals surface area contributed by atoms with Crippen molar-refractivity contribution in [1.82, 2.24) is 4.98 Å². The van der Waals surface area contributed by atoms with Crippen molar-refractivity contribution in [3.63, 3.8) is 0 Å². The molecule has 1 aromatic heterocycles. The molecule has 10 heteroatoms. The Hall–Kier alpha value is -2.65. The number of carbonyl (C=O) groups is 2. The molecule has 0 aliphatic carbocycles. The van der Waals surface area contributed by atoms with Crippen LogP contribution in [0.3, 0.4) is 0 Å². The molecule has 1 unspecified atom stereocenters. The summed E-state index contributed by atoms with van der Waals surface area (Å²) in [7, 11) is 0. The molecule has 2 aromatic carbocycles. The van der Waals surface area contributed by atoms with Crippen molar-refractivity contribution in [3.8, 4) is 0 Å². The molecule has 0 spiro atoms. The fourth-order valence-electron chi connectivity index (χ4n) is 2.54. The predicted molar refractivity (Wildman–Crippen MR) is 99.0 cm³/mol. The molecule has 146 valence electrons. The van der Waals surface area contributed by atoms with Crippen molar-refractivity contribution < 1.29 is 27.9 Å². The summed E-state index contributed by atoms with van der Waals surface area (Å²) in [6.07, 6.45) is -0.615. The van der Waals surface area contributed by atoms with E-state index in [4.69, 9.17) is 11.6 Å². The molecule has 1 amide bonds. The zero-order valence-corrected chi connectivity index (χ0v) is 15.6. The van der Waals surface area contributed by atoms with Crippen LogP contribution in [0.5, 0.6) is 0 Å². The summed E-state index contributed by atoms with van der Waals surface area (Å²) in [5.74, 6) is -6.66. The fourth-order valence-corrected chi connectivity index (χ4v) is 3.71. The highest BCUT2D eigenvalue weighted by Gasteiger charge is 2.25. The molecule has 3 aromatic rings. The second kappa shape index (κ2) is 8.15. The number of nitrogens with zero attached hydrogens (tertiary/aromatic N) is 1. The van der Waals surface area contributed by atoms with Gasteiger partial charge in [0.05, 0.1) is 15.6 Å². The molecular formula is C18H12ClF3N2O3S. The Morgan fingerprint density at radius 2 is 1.86 bits per heavy atom. The summed E-state index contributed by atoms with van der Waals surface area (Å²) < 4.78 is 40.7. The van der Waals surface area contributed by atoms with E-state index in [0.717, 1.165) is 11.3 Å². The summed E-state index contributed by atoms with van der Waals surface area (Å²) in [5.41, 5.74) is -0.0506. The van der Waals surface area contributed by atoms with Gasteiger partial charge in [-0.15, -0.1) is 11.3 Å². The Kier molecular flexibility index (Phi) is 5.85. The maximum Gasteiger partial charge on any atom is 0.307 e. The Labute approximate surface area is 165 Å². The lowest BCUT2D eigenvalue weighted by Crippen LogP contribution is -2.24. The van der Waals surface area contributed by atoms with Crippen LogP contribution in [-0.4, -0.2) is 22.0 Å². The van der Waals surface area contributed by atoms with Crippen LogP contribution in [0.25, 0.3) is 10.2 Å². The highest BCUT2D eigenvalue weighted by atomic mass is 35.5. The molecule has 3 rings (SSSR count). The average Bonchev–Trinajstić information content (AvgIpc) is 3.06. The number of amides is 1. The van der Waals surface area contributed by atoms with E-state index >= 15 is 0 Å². The fraction of sp³-hybridized carbons (Fsp3) is 0.167. The van der Waals surface area contributed by atoms with Gasteiger partial charge in [-0.05, 0) is 24.3 Å². The second-order valence-electron chi connectivity index (χ2n) is 5.94. The molecule has 0 radical (unpaired) electrons. The van der Waals surface area contributed by atoms with Gasteiger partial charge in [-0.1, -0.05) is 11.6 Å². The van der Waals surface area contributed by atoms with Gasteiger partial charge in [0.25, 0.3) is 0 Å². The number of halogens is 4. The molecule has 0 saturated heterocycles. The van der Waals surface area contributed by atoms with E-state index in [9.17, 15) is 27.9 Å².